The Morgan fingerprint density at radius 2 is 1.50 bits per heavy atom. The molecule has 0 aliphatic heterocycles. The summed E-state index contributed by atoms with van der Waals surface area (Å²) < 4.78 is 32.3. The molecule has 2 aromatic rings. The summed E-state index contributed by atoms with van der Waals surface area (Å²) in [4.78, 5) is 35.9. The highest BCUT2D eigenvalue weighted by Gasteiger charge is 2.16. The molecule has 0 aliphatic carbocycles. The molecule has 2 amide bonds. The number of benzene rings is 2. The summed E-state index contributed by atoms with van der Waals surface area (Å²) in [6.45, 7) is 8.37. The van der Waals surface area contributed by atoms with Crippen LogP contribution in [0, 0.1) is 11.3 Å². The van der Waals surface area contributed by atoms with Crippen molar-refractivity contribution < 1.29 is 47.9 Å². The maximum absolute atomic E-state index is 12.5. The van der Waals surface area contributed by atoms with Crippen LogP contribution in [-0.2, 0) is 34.9 Å². The van der Waals surface area contributed by atoms with Gasteiger partial charge in [0.15, 0.2) is 5.75 Å². The largest absolute Gasteiger partial charge is 0.508 e. The van der Waals surface area contributed by atoms with Crippen LogP contribution in [-0.4, -0.2) is 95.1 Å². The molecule has 0 aromatic heterocycles. The third-order valence-electron chi connectivity index (χ3n) is 6.48. The number of unbranched alkanes of at least 4 members (excludes halogenated alkanes) is 1. The van der Waals surface area contributed by atoms with Crippen molar-refractivity contribution >= 4 is 29.3 Å². The average molecular weight is 700 g/mol. The lowest BCUT2D eigenvalue weighted by molar-refractivity contribution is -0.121. The van der Waals surface area contributed by atoms with Gasteiger partial charge in [0.2, 0.25) is 5.91 Å². The number of aryl methyl sites for hydroxylation is 1. The van der Waals surface area contributed by atoms with E-state index in [0.29, 0.717) is 83.9 Å². The van der Waals surface area contributed by atoms with Crippen LogP contribution < -0.4 is 15.4 Å². The predicted molar refractivity (Wildman–Crippen MR) is 183 cm³/mol. The standard InChI is InChI=1S/C35H49N5O10/c1-35(2,3)50-34(44)38-16-17-46-18-19-47-20-21-48-22-23-49-31-25-27(41)11-13-30(31)40-39-29-12-10-26(24-28(29)33(43)45-4)8-7-15-37-32(42)9-5-6-14-36/h10-13,24-25,41H,5-9,15-23H2,1-4H3,(H,37,42)(H,38,44). The van der Waals surface area contributed by atoms with Crippen molar-refractivity contribution in [1.82, 2.24) is 10.6 Å². The van der Waals surface area contributed by atoms with Gasteiger partial charge in [-0.2, -0.15) is 5.26 Å². The molecule has 15 heteroatoms. The zero-order chi connectivity index (χ0) is 36.6. The molecule has 0 bridgehead atoms. The maximum atomic E-state index is 12.5. The molecule has 0 atom stereocenters. The van der Waals surface area contributed by atoms with Crippen LogP contribution in [0.4, 0.5) is 16.2 Å². The third-order valence-corrected chi connectivity index (χ3v) is 6.48. The lowest BCUT2D eigenvalue weighted by atomic mass is 10.0. The highest BCUT2D eigenvalue weighted by molar-refractivity contribution is 5.95. The number of nitrogens with one attached hydrogen (secondary N) is 2. The molecule has 274 valence electrons. The molecule has 0 heterocycles. The summed E-state index contributed by atoms with van der Waals surface area (Å²) in [5.41, 5.74) is 1.16. The van der Waals surface area contributed by atoms with Gasteiger partial charge in [0.1, 0.15) is 29.3 Å². The van der Waals surface area contributed by atoms with Crippen molar-refractivity contribution in [1.29, 1.82) is 5.26 Å². The minimum absolute atomic E-state index is 0.0194. The maximum Gasteiger partial charge on any atom is 0.407 e. The Kier molecular flexibility index (Phi) is 19.5. The third kappa shape index (κ3) is 18.1. The van der Waals surface area contributed by atoms with Gasteiger partial charge in [0, 0.05) is 32.0 Å². The molecule has 0 fully saturated rings. The fourth-order valence-corrected chi connectivity index (χ4v) is 4.14. The number of methoxy groups -OCH3 is 1. The second-order valence-electron chi connectivity index (χ2n) is 11.8. The van der Waals surface area contributed by atoms with Crippen LogP contribution in [0.5, 0.6) is 11.5 Å². The number of alkyl carbamates (subject to hydrolysis) is 1. The number of phenols is 1. The van der Waals surface area contributed by atoms with E-state index in [-0.39, 0.29) is 41.9 Å². The first kappa shape index (κ1) is 41.4. The molecule has 0 radical (unpaired) electrons. The Bertz CT molecular complexity index is 1420. The lowest BCUT2D eigenvalue weighted by Gasteiger charge is -2.19. The molecule has 15 nitrogen and oxygen atoms in total. The molecule has 3 N–H and O–H groups in total. The number of azo groups is 1. The molecule has 0 saturated carbocycles. The van der Waals surface area contributed by atoms with Crippen molar-refractivity contribution in [3.05, 3.63) is 47.5 Å². The van der Waals surface area contributed by atoms with Gasteiger partial charge in [-0.1, -0.05) is 6.07 Å². The normalized spacial score (nSPS) is 11.2. The van der Waals surface area contributed by atoms with E-state index in [9.17, 15) is 19.5 Å². The summed E-state index contributed by atoms with van der Waals surface area (Å²) in [5.74, 6) is -0.411. The first-order valence-electron chi connectivity index (χ1n) is 16.4. The number of ether oxygens (including phenoxy) is 6. The summed E-state index contributed by atoms with van der Waals surface area (Å²) in [6.07, 6.45) is 1.97. The predicted octanol–water partition coefficient (Wildman–Crippen LogP) is 5.29. The van der Waals surface area contributed by atoms with E-state index >= 15 is 0 Å². The fraction of sp³-hybridized carbons (Fsp3) is 0.543. The van der Waals surface area contributed by atoms with Crippen LogP contribution in [0.15, 0.2) is 46.6 Å². The van der Waals surface area contributed by atoms with Gasteiger partial charge >= 0.3 is 12.1 Å². The number of esters is 1. The Hall–Kier alpha value is -4.78. The van der Waals surface area contributed by atoms with Crippen molar-refractivity contribution in [2.75, 3.05) is 66.4 Å². The summed E-state index contributed by atoms with van der Waals surface area (Å²) in [7, 11) is 1.28. The molecule has 50 heavy (non-hydrogen) atoms. The van der Waals surface area contributed by atoms with E-state index < -0.39 is 17.7 Å². The number of nitrogens with zero attached hydrogens (tertiary/aromatic N) is 3. The second-order valence-corrected chi connectivity index (χ2v) is 11.8. The minimum atomic E-state index is -0.574. The fourth-order valence-electron chi connectivity index (χ4n) is 4.14. The molecule has 0 saturated heterocycles. The number of aromatic hydroxyl groups is 1. The van der Waals surface area contributed by atoms with Crippen LogP contribution in [0.2, 0.25) is 0 Å². The molecular weight excluding hydrogens is 650 g/mol. The first-order chi connectivity index (χ1) is 24.0. The smallest absolute Gasteiger partial charge is 0.407 e. The molecule has 2 aromatic carbocycles. The quantitative estimate of drug-likeness (QED) is 0.0773. The first-order valence-corrected chi connectivity index (χ1v) is 16.4. The number of hydrogen-bond acceptors (Lipinski definition) is 13. The Balaban J connectivity index is 1.76. The number of rotatable bonds is 23. The highest BCUT2D eigenvalue weighted by Crippen LogP contribution is 2.33. The van der Waals surface area contributed by atoms with E-state index in [1.807, 2.05) is 12.1 Å². The van der Waals surface area contributed by atoms with Gasteiger partial charge in [0.25, 0.3) is 0 Å². The number of carbonyl (C=O) groups excluding carboxylic acids is 3. The van der Waals surface area contributed by atoms with E-state index in [1.54, 1.807) is 39.0 Å². The number of carbonyl (C=O) groups is 3. The SMILES string of the molecule is COC(=O)c1cc(CCCNC(=O)CCCC#N)ccc1N=Nc1ccc(O)cc1OCCOCCOCCOCCNC(=O)OC(C)(C)C. The highest BCUT2D eigenvalue weighted by atomic mass is 16.6. The van der Waals surface area contributed by atoms with Gasteiger partial charge in [-0.3, -0.25) is 4.79 Å². The van der Waals surface area contributed by atoms with Crippen molar-refractivity contribution in [3.63, 3.8) is 0 Å². The van der Waals surface area contributed by atoms with Crippen molar-refractivity contribution in [3.8, 4) is 17.6 Å². The Morgan fingerprint density at radius 1 is 0.840 bits per heavy atom. The average Bonchev–Trinajstić information content (AvgIpc) is 3.07. The molecule has 0 aliphatic rings. The minimum Gasteiger partial charge on any atom is -0.508 e. The van der Waals surface area contributed by atoms with Gasteiger partial charge in [-0.05, 0) is 69.9 Å². The molecule has 0 unspecified atom stereocenters. The summed E-state index contributed by atoms with van der Waals surface area (Å²) in [6, 6.07) is 11.6. The molecular formula is C35H49N5O10. The van der Waals surface area contributed by atoms with E-state index in [0.717, 1.165) is 5.56 Å². The monoisotopic (exact) mass is 699 g/mol. The number of phenolic OH excluding ortho intramolecular Hbond substituents is 1. The zero-order valence-electron chi connectivity index (χ0n) is 29.3. The van der Waals surface area contributed by atoms with E-state index in [2.05, 4.69) is 20.9 Å². The van der Waals surface area contributed by atoms with Crippen molar-refractivity contribution in [2.45, 2.75) is 58.5 Å². The van der Waals surface area contributed by atoms with Crippen LogP contribution in [0.25, 0.3) is 0 Å². The van der Waals surface area contributed by atoms with Gasteiger partial charge in [-0.15, -0.1) is 10.2 Å². The Morgan fingerprint density at radius 3 is 2.18 bits per heavy atom. The van der Waals surface area contributed by atoms with Crippen LogP contribution >= 0.6 is 0 Å². The lowest BCUT2D eigenvalue weighted by Crippen LogP contribution is -2.34. The number of nitriles is 1. The molecule has 0 spiro atoms. The number of amides is 2. The Labute approximate surface area is 293 Å². The van der Waals surface area contributed by atoms with Gasteiger partial charge < -0.3 is 44.2 Å². The van der Waals surface area contributed by atoms with Crippen LogP contribution in [0.1, 0.15) is 62.4 Å². The van der Waals surface area contributed by atoms with E-state index in [4.69, 9.17) is 33.7 Å². The topological polar surface area (TPSA) is 199 Å². The molecule has 2 rings (SSSR count). The summed E-state index contributed by atoms with van der Waals surface area (Å²) >= 11 is 0. The van der Waals surface area contributed by atoms with Gasteiger partial charge in [-0.25, -0.2) is 9.59 Å². The van der Waals surface area contributed by atoms with Crippen molar-refractivity contribution in [2.24, 2.45) is 10.2 Å². The van der Waals surface area contributed by atoms with Crippen LogP contribution in [0.3, 0.4) is 0 Å². The zero-order valence-corrected chi connectivity index (χ0v) is 29.3. The summed E-state index contributed by atoms with van der Waals surface area (Å²) in [5, 5.41) is 32.6. The second kappa shape index (κ2) is 23.6. The van der Waals surface area contributed by atoms with Gasteiger partial charge in [0.05, 0.1) is 58.4 Å². The number of hydrogen-bond donors (Lipinski definition) is 3. The van der Waals surface area contributed by atoms with E-state index in [1.165, 1.54) is 19.2 Å².